The van der Waals surface area contributed by atoms with Gasteiger partial charge < -0.3 is 42.9 Å². The maximum absolute atomic E-state index is 5.89. The minimum Gasteiger partial charge on any atom is -0.497 e. The molecule has 5 aromatic rings. The summed E-state index contributed by atoms with van der Waals surface area (Å²) in [4.78, 5) is 15.0. The van der Waals surface area contributed by atoms with Gasteiger partial charge in [0.1, 0.15) is 46.0 Å². The number of nitrogens with zero attached hydrogens (tertiary/aromatic N) is 2. The van der Waals surface area contributed by atoms with Crippen molar-refractivity contribution in [3.63, 3.8) is 0 Å². The number of allylic oxidation sites excluding steroid dienone is 4. The minimum absolute atomic E-state index is 0.631. The van der Waals surface area contributed by atoms with Gasteiger partial charge in [-0.15, -0.1) is 0 Å². The highest BCUT2D eigenvalue weighted by molar-refractivity contribution is 6.32. The van der Waals surface area contributed by atoms with Gasteiger partial charge in [-0.3, -0.25) is 0 Å². The number of benzene rings is 4. The molecule has 0 atom stereocenters. The second kappa shape index (κ2) is 18.5. The van der Waals surface area contributed by atoms with E-state index in [1.165, 1.54) is 0 Å². The lowest BCUT2D eigenvalue weighted by molar-refractivity contribution is 0.394. The zero-order valence-electron chi connectivity index (χ0n) is 39.5. The molecule has 0 amide bonds. The lowest BCUT2D eigenvalue weighted by Crippen LogP contribution is -2.21. The van der Waals surface area contributed by atoms with E-state index >= 15 is 0 Å². The first kappa shape index (κ1) is 44.2. The maximum atomic E-state index is 5.89. The number of hydrogen-bond acceptors (Lipinski definition) is 10. The molecule has 0 saturated heterocycles. The molecule has 11 heteroatoms. The van der Waals surface area contributed by atoms with Gasteiger partial charge >= 0.3 is 0 Å². The van der Waals surface area contributed by atoms with Crippen molar-refractivity contribution in [1.82, 2.24) is 4.98 Å². The average molecular weight is 916 g/mol. The molecule has 344 valence electrons. The fourth-order valence-electron chi connectivity index (χ4n) is 9.27. The second-order valence-corrected chi connectivity index (χ2v) is 16.3. The minimum atomic E-state index is 0.631. The van der Waals surface area contributed by atoms with Crippen LogP contribution in [0.3, 0.4) is 0 Å². The number of nitrogens with one attached hydrogen (secondary N) is 1. The van der Waals surface area contributed by atoms with E-state index in [1.807, 2.05) is 78.9 Å². The molecule has 69 heavy (non-hydrogen) atoms. The highest BCUT2D eigenvalue weighted by Gasteiger charge is 2.29. The molecule has 0 spiro atoms. The highest BCUT2D eigenvalue weighted by Crippen LogP contribution is 2.48. The van der Waals surface area contributed by atoms with Crippen LogP contribution in [0.2, 0.25) is 0 Å². The summed E-state index contributed by atoms with van der Waals surface area (Å²) in [6.45, 7) is 0. The molecule has 3 aliphatic heterocycles. The highest BCUT2D eigenvalue weighted by atomic mass is 16.5. The molecule has 2 aliphatic carbocycles. The number of aliphatic imine (C=N–C) groups is 2. The van der Waals surface area contributed by atoms with Crippen LogP contribution in [0.25, 0.3) is 33.4 Å². The molecular formula is C58H49N3O8. The molecule has 5 aliphatic rings. The van der Waals surface area contributed by atoms with Crippen molar-refractivity contribution in [3.05, 3.63) is 201 Å². The number of rotatable bonds is 12. The molecule has 11 nitrogen and oxygen atoms in total. The number of H-pyrrole nitrogens is 1. The summed E-state index contributed by atoms with van der Waals surface area (Å²) in [7, 11) is 13.2. The molecule has 0 radical (unpaired) electrons. The molecule has 0 saturated carbocycles. The van der Waals surface area contributed by atoms with Gasteiger partial charge in [-0.25, -0.2) is 9.98 Å². The van der Waals surface area contributed by atoms with E-state index in [2.05, 4.69) is 71.8 Å². The van der Waals surface area contributed by atoms with Crippen LogP contribution in [0.1, 0.15) is 33.4 Å². The van der Waals surface area contributed by atoms with Crippen molar-refractivity contribution in [2.45, 2.75) is 0 Å². The first-order chi connectivity index (χ1) is 33.8. The number of aromatic nitrogens is 1. The molecular weight excluding hydrogens is 867 g/mol. The molecule has 4 heterocycles. The molecule has 1 N–H and O–H groups in total. The number of methoxy groups -OCH3 is 8. The fraction of sp³-hybridized carbons (Fsp3) is 0.138. The molecule has 0 fully saturated rings. The van der Waals surface area contributed by atoms with Crippen LogP contribution >= 0.6 is 0 Å². The van der Waals surface area contributed by atoms with E-state index in [-0.39, 0.29) is 0 Å². The Morgan fingerprint density at radius 2 is 0.609 bits per heavy atom. The third kappa shape index (κ3) is 8.18. The molecule has 1 aromatic heterocycles. The number of hydrogen-bond donors (Lipinski definition) is 1. The van der Waals surface area contributed by atoms with Crippen LogP contribution in [-0.4, -0.2) is 73.3 Å². The quantitative estimate of drug-likeness (QED) is 0.129. The first-order valence-corrected chi connectivity index (χ1v) is 22.2. The summed E-state index contributed by atoms with van der Waals surface area (Å²) < 4.78 is 46.9. The summed E-state index contributed by atoms with van der Waals surface area (Å²) in [5.41, 5.74) is 13.5. The summed E-state index contributed by atoms with van der Waals surface area (Å²) in [6.07, 6.45) is 8.25. The average Bonchev–Trinajstić information content (AvgIpc) is 4.20. The van der Waals surface area contributed by atoms with Gasteiger partial charge in [-0.05, 0) is 136 Å². The Morgan fingerprint density at radius 1 is 0.304 bits per heavy atom. The van der Waals surface area contributed by atoms with Gasteiger partial charge in [0.15, 0.2) is 0 Å². The molecule has 4 aromatic carbocycles. The van der Waals surface area contributed by atoms with E-state index in [4.69, 9.17) is 47.9 Å². The third-order valence-corrected chi connectivity index (χ3v) is 12.5. The summed E-state index contributed by atoms with van der Waals surface area (Å²) in [6, 6.07) is 40.4. The Labute approximate surface area is 400 Å². The van der Waals surface area contributed by atoms with Gasteiger partial charge in [-0.1, -0.05) is 30.3 Å². The molecule has 10 rings (SSSR count). The van der Waals surface area contributed by atoms with Crippen molar-refractivity contribution in [3.8, 4) is 57.1 Å². The third-order valence-electron chi connectivity index (χ3n) is 12.5. The molecule has 0 unspecified atom stereocenters. The van der Waals surface area contributed by atoms with E-state index < -0.39 is 0 Å². The smallest absolute Gasteiger partial charge is 0.123 e. The maximum Gasteiger partial charge on any atom is 0.123 e. The fourth-order valence-corrected chi connectivity index (χ4v) is 9.27. The Morgan fingerprint density at radius 3 is 0.913 bits per heavy atom. The number of ether oxygens (including phenoxy) is 8. The normalized spacial score (nSPS) is 14.0. The molecule has 8 bridgehead atoms. The van der Waals surface area contributed by atoms with Crippen molar-refractivity contribution in [1.29, 1.82) is 0 Å². The summed E-state index contributed by atoms with van der Waals surface area (Å²) in [5, 5.41) is 1.59. The van der Waals surface area contributed by atoms with Crippen molar-refractivity contribution >= 4 is 33.7 Å². The Hall–Kier alpha value is -8.70. The largest absolute Gasteiger partial charge is 0.497 e. The summed E-state index contributed by atoms with van der Waals surface area (Å²) >= 11 is 0. The van der Waals surface area contributed by atoms with Gasteiger partial charge in [0, 0.05) is 57.3 Å². The van der Waals surface area contributed by atoms with Crippen molar-refractivity contribution < 1.29 is 37.9 Å². The van der Waals surface area contributed by atoms with Gasteiger partial charge in [0.05, 0.1) is 79.7 Å². The zero-order valence-corrected chi connectivity index (χ0v) is 39.5. The van der Waals surface area contributed by atoms with Crippen LogP contribution in [-0.2, 0) is 0 Å². The SMILES string of the molecule is COc1cc(OC)cc(C2=C3C=CC(=N3)C(c3cc(OC)cc(OC)c3)=c3ccc([nH]3)=C(c3cc(OC)cc(OC)c3)C3=NC(=C(c4cc(OC)cc(OC)c4)c4cc2c2cccccc4-2)C=C3)c1. The van der Waals surface area contributed by atoms with Gasteiger partial charge in [-0.2, -0.15) is 0 Å². The van der Waals surface area contributed by atoms with E-state index in [0.29, 0.717) is 57.4 Å². The number of aromatic amines is 1. The van der Waals surface area contributed by atoms with Crippen LogP contribution < -0.4 is 48.6 Å². The Balaban J connectivity index is 1.42. The first-order valence-electron chi connectivity index (χ1n) is 22.2. The lowest BCUT2D eigenvalue weighted by atomic mass is 9.93. The standard InChI is InChI=1S/C58H49N3O8/c1-62-37-20-33(21-38(28-37)63-2)55-47-32-48(46-13-11-9-10-12-45(46)47)56(34-22-39(64-3)29-40(23-34)65-4)50-15-17-52(60-50)58(36-26-43(68-7)31-44(27-36)69-8)54-19-18-53(61-54)57(51-16-14-49(55)59-51)35-24-41(66-5)30-42(25-35)67-6/h9-32,61H,1-8H3. The van der Waals surface area contributed by atoms with E-state index in [0.717, 1.165) is 88.9 Å². The Kier molecular flexibility index (Phi) is 11.9. The number of fused-ring (bicyclic) bond motifs is 9. The van der Waals surface area contributed by atoms with E-state index in [9.17, 15) is 0 Å². The van der Waals surface area contributed by atoms with Crippen molar-refractivity contribution in [2.24, 2.45) is 9.98 Å². The Bertz CT molecular complexity index is 3180. The second-order valence-electron chi connectivity index (χ2n) is 16.3. The predicted molar refractivity (Wildman–Crippen MR) is 272 cm³/mol. The lowest BCUT2D eigenvalue weighted by Gasteiger charge is -2.14. The topological polar surface area (TPSA) is 114 Å². The zero-order chi connectivity index (χ0) is 47.8. The van der Waals surface area contributed by atoms with Crippen molar-refractivity contribution in [2.75, 3.05) is 56.9 Å². The van der Waals surface area contributed by atoms with Gasteiger partial charge in [0.25, 0.3) is 0 Å². The predicted octanol–water partition coefficient (Wildman–Crippen LogP) is 9.84. The van der Waals surface area contributed by atoms with Crippen LogP contribution in [0.5, 0.6) is 46.0 Å². The van der Waals surface area contributed by atoms with Crippen LogP contribution in [0.15, 0.2) is 167 Å². The van der Waals surface area contributed by atoms with E-state index in [1.54, 1.807) is 56.9 Å². The summed E-state index contributed by atoms with van der Waals surface area (Å²) in [5.74, 6) is 5.07. The van der Waals surface area contributed by atoms with Gasteiger partial charge in [0.2, 0.25) is 0 Å². The van der Waals surface area contributed by atoms with Crippen LogP contribution in [0, 0.1) is 0 Å². The van der Waals surface area contributed by atoms with Crippen LogP contribution in [0.4, 0.5) is 0 Å². The monoisotopic (exact) mass is 915 g/mol.